The van der Waals surface area contributed by atoms with Crippen LogP contribution in [0.5, 0.6) is 5.75 Å². The molecule has 1 atom stereocenters. The van der Waals surface area contributed by atoms with E-state index in [0.717, 1.165) is 50.5 Å². The van der Waals surface area contributed by atoms with Gasteiger partial charge in [-0.05, 0) is 18.2 Å². The van der Waals surface area contributed by atoms with Crippen LogP contribution < -0.4 is 4.74 Å². The number of rotatable bonds is 3. The monoisotopic (exact) mass is 310 g/mol. The van der Waals surface area contributed by atoms with Crippen LogP contribution in [0.2, 0.25) is 0 Å². The third-order valence-electron chi connectivity index (χ3n) is 4.09. The van der Waals surface area contributed by atoms with Gasteiger partial charge in [-0.3, -0.25) is 4.90 Å². The molecule has 0 radical (unpaired) electrons. The number of fused-ring (bicyclic) bond motifs is 1. The van der Waals surface area contributed by atoms with Crippen LogP contribution in [0.1, 0.15) is 5.56 Å². The predicted octanol–water partition coefficient (Wildman–Crippen LogP) is 1.07. The lowest BCUT2D eigenvalue weighted by atomic mass is 10.1. The van der Waals surface area contributed by atoms with E-state index in [1.54, 1.807) is 12.1 Å². The lowest BCUT2D eigenvalue weighted by Crippen LogP contribution is -2.51. The molecule has 21 heavy (non-hydrogen) atoms. The zero-order valence-corrected chi connectivity index (χ0v) is 12.6. The standard InChI is InChI=1S/C15H19FN2O2S/c16-12-1-2-14-11(7-12)8-13(20-14)9-17-3-5-18(6-4-17)15(21)10-19/h1-2,7,13,19H,3-6,8-10H2. The lowest BCUT2D eigenvalue weighted by molar-refractivity contribution is 0.116. The molecule has 1 aromatic rings. The second kappa shape index (κ2) is 6.25. The van der Waals surface area contributed by atoms with Gasteiger partial charge in [0.2, 0.25) is 0 Å². The van der Waals surface area contributed by atoms with E-state index < -0.39 is 0 Å². The number of piperazine rings is 1. The van der Waals surface area contributed by atoms with E-state index in [-0.39, 0.29) is 18.5 Å². The summed E-state index contributed by atoms with van der Waals surface area (Å²) in [5.74, 6) is 0.602. The first kappa shape index (κ1) is 14.7. The van der Waals surface area contributed by atoms with E-state index in [4.69, 9.17) is 22.1 Å². The zero-order valence-electron chi connectivity index (χ0n) is 11.8. The molecule has 2 aliphatic heterocycles. The predicted molar refractivity (Wildman–Crippen MR) is 82.2 cm³/mol. The normalized spacial score (nSPS) is 22.0. The summed E-state index contributed by atoms with van der Waals surface area (Å²) < 4.78 is 19.1. The first-order valence-corrected chi connectivity index (χ1v) is 7.62. The molecule has 1 saturated heterocycles. The van der Waals surface area contributed by atoms with E-state index in [0.29, 0.717) is 4.99 Å². The molecule has 1 fully saturated rings. The molecule has 3 rings (SSSR count). The second-order valence-electron chi connectivity index (χ2n) is 5.54. The highest BCUT2D eigenvalue weighted by molar-refractivity contribution is 7.80. The Bertz CT molecular complexity index is 532. The van der Waals surface area contributed by atoms with E-state index in [1.165, 1.54) is 6.07 Å². The summed E-state index contributed by atoms with van der Waals surface area (Å²) in [4.78, 5) is 5.00. The summed E-state index contributed by atoms with van der Waals surface area (Å²) in [6.07, 6.45) is 0.862. The molecule has 1 unspecified atom stereocenters. The van der Waals surface area contributed by atoms with Crippen molar-refractivity contribution in [3.63, 3.8) is 0 Å². The minimum absolute atomic E-state index is 0.0536. The fraction of sp³-hybridized carbons (Fsp3) is 0.533. The first-order valence-electron chi connectivity index (χ1n) is 7.22. The number of hydrogen-bond acceptors (Lipinski definition) is 4. The van der Waals surface area contributed by atoms with Crippen LogP contribution in [0, 0.1) is 5.82 Å². The largest absolute Gasteiger partial charge is 0.488 e. The maximum absolute atomic E-state index is 13.2. The SMILES string of the molecule is OCC(=S)N1CCN(CC2Cc3cc(F)ccc3O2)CC1. The maximum Gasteiger partial charge on any atom is 0.123 e. The third kappa shape index (κ3) is 3.33. The number of thiocarbonyl (C=S) groups is 1. The van der Waals surface area contributed by atoms with Gasteiger partial charge < -0.3 is 14.7 Å². The van der Waals surface area contributed by atoms with E-state index in [1.807, 2.05) is 4.90 Å². The van der Waals surface area contributed by atoms with Gasteiger partial charge in [0, 0.05) is 44.7 Å². The van der Waals surface area contributed by atoms with Crippen LogP contribution in [0.3, 0.4) is 0 Å². The average molecular weight is 310 g/mol. The molecular weight excluding hydrogens is 291 g/mol. The molecule has 0 aliphatic carbocycles. The van der Waals surface area contributed by atoms with Crippen LogP contribution >= 0.6 is 12.2 Å². The van der Waals surface area contributed by atoms with Gasteiger partial charge in [0.05, 0.1) is 6.61 Å². The van der Waals surface area contributed by atoms with Crippen LogP contribution in [0.25, 0.3) is 0 Å². The van der Waals surface area contributed by atoms with Gasteiger partial charge in [-0.25, -0.2) is 4.39 Å². The molecule has 0 spiro atoms. The van der Waals surface area contributed by atoms with Crippen LogP contribution in [-0.2, 0) is 6.42 Å². The smallest absolute Gasteiger partial charge is 0.123 e. The lowest BCUT2D eigenvalue weighted by Gasteiger charge is -2.36. The molecule has 6 heteroatoms. The second-order valence-corrected chi connectivity index (χ2v) is 6.01. The van der Waals surface area contributed by atoms with E-state index >= 15 is 0 Å². The van der Waals surface area contributed by atoms with Crippen molar-refractivity contribution in [3.05, 3.63) is 29.6 Å². The topological polar surface area (TPSA) is 35.9 Å². The van der Waals surface area contributed by atoms with Gasteiger partial charge in [-0.2, -0.15) is 0 Å². The Morgan fingerprint density at radius 2 is 2.10 bits per heavy atom. The molecule has 0 saturated carbocycles. The van der Waals surface area contributed by atoms with Crippen molar-refractivity contribution in [1.29, 1.82) is 0 Å². The molecular formula is C15H19FN2O2S. The maximum atomic E-state index is 13.2. The fourth-order valence-corrected chi connectivity index (χ4v) is 3.14. The number of halogens is 1. The molecule has 2 aliphatic rings. The van der Waals surface area contributed by atoms with Gasteiger partial charge in [0.1, 0.15) is 22.7 Å². The van der Waals surface area contributed by atoms with Crippen LogP contribution in [0.15, 0.2) is 18.2 Å². The van der Waals surface area contributed by atoms with E-state index in [2.05, 4.69) is 4.90 Å². The minimum Gasteiger partial charge on any atom is -0.488 e. The number of ether oxygens (including phenoxy) is 1. The highest BCUT2D eigenvalue weighted by Gasteiger charge is 2.27. The zero-order chi connectivity index (χ0) is 14.8. The summed E-state index contributed by atoms with van der Waals surface area (Å²) in [6.45, 7) is 4.29. The van der Waals surface area contributed by atoms with Gasteiger partial charge in [0.25, 0.3) is 0 Å². The molecule has 1 aromatic carbocycles. The summed E-state index contributed by atoms with van der Waals surface area (Å²) in [5.41, 5.74) is 0.958. The number of aliphatic hydroxyl groups excluding tert-OH is 1. The molecule has 114 valence electrons. The van der Waals surface area contributed by atoms with Crippen molar-refractivity contribution in [2.75, 3.05) is 39.3 Å². The summed E-state index contributed by atoms with van der Waals surface area (Å²) in [5, 5.41) is 9.06. The molecule has 4 nitrogen and oxygen atoms in total. The molecule has 1 N–H and O–H groups in total. The van der Waals surface area contributed by atoms with Crippen molar-refractivity contribution < 1.29 is 14.2 Å². The molecule has 0 amide bonds. The summed E-state index contributed by atoms with van der Waals surface area (Å²) in [6, 6.07) is 4.71. The van der Waals surface area contributed by atoms with Crippen molar-refractivity contribution in [2.24, 2.45) is 0 Å². The fourth-order valence-electron chi connectivity index (χ4n) is 2.96. The minimum atomic E-state index is -0.205. The molecule has 0 bridgehead atoms. The highest BCUT2D eigenvalue weighted by atomic mass is 32.1. The third-order valence-corrected chi connectivity index (χ3v) is 4.47. The number of hydrogen-bond donors (Lipinski definition) is 1. The van der Waals surface area contributed by atoms with Crippen LogP contribution in [-0.4, -0.2) is 65.3 Å². The van der Waals surface area contributed by atoms with Gasteiger partial charge in [0.15, 0.2) is 0 Å². The first-order chi connectivity index (χ1) is 10.2. The Kier molecular flexibility index (Phi) is 4.37. The highest BCUT2D eigenvalue weighted by Crippen LogP contribution is 2.29. The summed E-state index contributed by atoms with van der Waals surface area (Å²) in [7, 11) is 0. The molecule has 2 heterocycles. The van der Waals surface area contributed by atoms with Crippen LogP contribution in [0.4, 0.5) is 4.39 Å². The van der Waals surface area contributed by atoms with E-state index in [9.17, 15) is 4.39 Å². The number of aliphatic hydroxyl groups is 1. The van der Waals surface area contributed by atoms with Gasteiger partial charge in [-0.1, -0.05) is 12.2 Å². The quantitative estimate of drug-likeness (QED) is 0.845. The number of nitrogens with zero attached hydrogens (tertiary/aromatic N) is 2. The Morgan fingerprint density at radius 1 is 1.33 bits per heavy atom. The average Bonchev–Trinajstić information content (AvgIpc) is 2.88. The summed E-state index contributed by atoms with van der Waals surface area (Å²) >= 11 is 5.11. The van der Waals surface area contributed by atoms with Crippen molar-refractivity contribution >= 4 is 17.2 Å². The Morgan fingerprint density at radius 3 is 2.81 bits per heavy atom. The van der Waals surface area contributed by atoms with Crippen molar-refractivity contribution in [2.45, 2.75) is 12.5 Å². The Balaban J connectivity index is 1.50. The Labute approximate surface area is 129 Å². The van der Waals surface area contributed by atoms with Gasteiger partial charge >= 0.3 is 0 Å². The Hall–Kier alpha value is -1.24. The van der Waals surface area contributed by atoms with Crippen molar-refractivity contribution in [3.8, 4) is 5.75 Å². The molecule has 0 aromatic heterocycles. The van der Waals surface area contributed by atoms with Crippen molar-refractivity contribution in [1.82, 2.24) is 9.80 Å². The number of benzene rings is 1. The van der Waals surface area contributed by atoms with Gasteiger partial charge in [-0.15, -0.1) is 0 Å².